The number of ether oxygens (including phenoxy) is 1. The summed E-state index contributed by atoms with van der Waals surface area (Å²) >= 11 is 0. The van der Waals surface area contributed by atoms with Gasteiger partial charge in [0, 0.05) is 5.92 Å². The van der Waals surface area contributed by atoms with Gasteiger partial charge in [0.15, 0.2) is 5.78 Å². The standard InChI is InChI=1S/C39H63NO10/c1-21(9-8-10-22(2)30(42)32(44)34(46)33(45)31(43)29(20-41)40-36(49)50-37(3,4)5)26-13-14-27-25-12-11-24-19-23(35(47)48)15-17-38(24,6)28(25)16-18-39(26,27)7/h11,20-23,25-29,31-34,43-46H,8-10,12-19H2,1-7H3,(H,40,49)(H,47,48)/t21-,22?,23+,25?,26-,27?,28?,29+,31-,32?,33+,34-,38+,39-/m1/s1. The molecule has 284 valence electrons. The van der Waals surface area contributed by atoms with Gasteiger partial charge in [0.1, 0.15) is 42.3 Å². The van der Waals surface area contributed by atoms with Crippen molar-refractivity contribution in [2.24, 2.45) is 52.3 Å². The number of fused-ring (bicyclic) bond motifs is 5. The number of carbonyl (C=O) groups excluding carboxylic acids is 3. The highest BCUT2D eigenvalue weighted by Crippen LogP contribution is 2.67. The van der Waals surface area contributed by atoms with E-state index >= 15 is 0 Å². The Kier molecular flexibility index (Phi) is 12.7. The van der Waals surface area contributed by atoms with E-state index in [0.29, 0.717) is 42.4 Å². The van der Waals surface area contributed by atoms with E-state index in [1.807, 2.05) is 0 Å². The first-order valence-electron chi connectivity index (χ1n) is 18.9. The third-order valence-electron chi connectivity index (χ3n) is 13.5. The minimum atomic E-state index is -2.09. The highest BCUT2D eigenvalue weighted by molar-refractivity contribution is 5.85. The Bertz CT molecular complexity index is 1280. The molecule has 4 rings (SSSR count). The van der Waals surface area contributed by atoms with Gasteiger partial charge in [-0.2, -0.15) is 0 Å². The monoisotopic (exact) mass is 705 g/mol. The number of amides is 1. The molecule has 11 heteroatoms. The molecule has 0 saturated heterocycles. The average Bonchev–Trinajstić information content (AvgIpc) is 3.41. The summed E-state index contributed by atoms with van der Waals surface area (Å²) in [7, 11) is 0. The van der Waals surface area contributed by atoms with E-state index in [1.54, 1.807) is 27.7 Å². The number of ketones is 1. The second-order valence-corrected chi connectivity index (χ2v) is 17.7. The molecule has 0 heterocycles. The van der Waals surface area contributed by atoms with Crippen LogP contribution >= 0.6 is 0 Å². The van der Waals surface area contributed by atoms with Gasteiger partial charge < -0.3 is 40.4 Å². The van der Waals surface area contributed by atoms with Gasteiger partial charge in [-0.05, 0) is 119 Å². The van der Waals surface area contributed by atoms with Crippen molar-refractivity contribution < 1.29 is 49.4 Å². The number of aliphatic hydroxyl groups is 4. The number of hydrogen-bond donors (Lipinski definition) is 6. The summed E-state index contributed by atoms with van der Waals surface area (Å²) in [5.74, 6) is 0.728. The second kappa shape index (κ2) is 15.7. The van der Waals surface area contributed by atoms with Gasteiger partial charge in [-0.3, -0.25) is 9.59 Å². The van der Waals surface area contributed by atoms with Crippen molar-refractivity contribution in [1.29, 1.82) is 0 Å². The predicted octanol–water partition coefficient (Wildman–Crippen LogP) is 4.81. The third kappa shape index (κ3) is 8.31. The van der Waals surface area contributed by atoms with E-state index in [2.05, 4.69) is 32.2 Å². The molecule has 0 radical (unpaired) electrons. The Morgan fingerprint density at radius 1 is 0.960 bits per heavy atom. The molecule has 3 fully saturated rings. The smallest absolute Gasteiger partial charge is 0.408 e. The molecule has 0 aliphatic heterocycles. The lowest BCUT2D eigenvalue weighted by Gasteiger charge is -2.58. The lowest BCUT2D eigenvalue weighted by atomic mass is 9.46. The van der Waals surface area contributed by atoms with Crippen LogP contribution in [0.4, 0.5) is 4.79 Å². The van der Waals surface area contributed by atoms with Crippen LogP contribution in [0.5, 0.6) is 0 Å². The normalized spacial score (nSPS) is 35.0. The molecule has 6 N–H and O–H groups in total. The van der Waals surface area contributed by atoms with E-state index in [0.717, 1.165) is 32.1 Å². The molecule has 0 aromatic rings. The molecule has 14 atom stereocenters. The van der Waals surface area contributed by atoms with Crippen LogP contribution in [0.15, 0.2) is 11.6 Å². The molecule has 0 bridgehead atoms. The maximum Gasteiger partial charge on any atom is 0.408 e. The Morgan fingerprint density at radius 2 is 1.64 bits per heavy atom. The van der Waals surface area contributed by atoms with Crippen molar-refractivity contribution in [2.45, 2.75) is 155 Å². The molecule has 0 aromatic carbocycles. The van der Waals surface area contributed by atoms with E-state index < -0.39 is 59.8 Å². The van der Waals surface area contributed by atoms with E-state index in [-0.39, 0.29) is 23.0 Å². The molecule has 0 spiro atoms. The minimum Gasteiger partial charge on any atom is -0.481 e. The van der Waals surface area contributed by atoms with Crippen LogP contribution in [0, 0.1) is 52.3 Å². The summed E-state index contributed by atoms with van der Waals surface area (Å²) in [5, 5.41) is 54.0. The largest absolute Gasteiger partial charge is 0.481 e. The van der Waals surface area contributed by atoms with E-state index in [9.17, 15) is 44.7 Å². The number of allylic oxidation sites excluding steroid dienone is 2. The fourth-order valence-electron chi connectivity index (χ4n) is 10.6. The van der Waals surface area contributed by atoms with Crippen LogP contribution < -0.4 is 5.32 Å². The highest BCUT2D eigenvalue weighted by Gasteiger charge is 2.59. The number of hydrogen-bond acceptors (Lipinski definition) is 9. The highest BCUT2D eigenvalue weighted by atomic mass is 16.6. The van der Waals surface area contributed by atoms with Crippen LogP contribution in [0.2, 0.25) is 0 Å². The number of Topliss-reactive ketones (excluding diaryl/α,β-unsaturated/α-hetero) is 1. The average molecular weight is 706 g/mol. The molecule has 0 aromatic heterocycles. The van der Waals surface area contributed by atoms with Gasteiger partial charge >= 0.3 is 12.1 Å². The van der Waals surface area contributed by atoms with Crippen LogP contribution in [0.3, 0.4) is 0 Å². The first-order chi connectivity index (χ1) is 23.2. The molecule has 4 aliphatic carbocycles. The number of aldehydes is 1. The zero-order valence-electron chi connectivity index (χ0n) is 31.1. The number of rotatable bonds is 14. The maximum absolute atomic E-state index is 13.1. The molecule has 11 nitrogen and oxygen atoms in total. The van der Waals surface area contributed by atoms with Crippen LogP contribution in [-0.2, 0) is 19.1 Å². The van der Waals surface area contributed by atoms with Crippen LogP contribution in [0.25, 0.3) is 0 Å². The van der Waals surface area contributed by atoms with Crippen molar-refractivity contribution in [3.63, 3.8) is 0 Å². The number of carboxylic acid groups (broad SMARTS) is 1. The second-order valence-electron chi connectivity index (χ2n) is 17.7. The van der Waals surface area contributed by atoms with Gasteiger partial charge in [-0.1, -0.05) is 52.2 Å². The number of aliphatic carboxylic acids is 1. The quantitative estimate of drug-likeness (QED) is 0.108. The zero-order chi connectivity index (χ0) is 37.3. The van der Waals surface area contributed by atoms with Crippen molar-refractivity contribution >= 4 is 24.1 Å². The van der Waals surface area contributed by atoms with Crippen molar-refractivity contribution in [3.05, 3.63) is 11.6 Å². The lowest BCUT2D eigenvalue weighted by Crippen LogP contribution is -2.56. The number of aliphatic hydroxyl groups excluding tert-OH is 4. The maximum atomic E-state index is 13.1. The summed E-state index contributed by atoms with van der Waals surface area (Å²) in [6.45, 7) is 13.7. The SMILES string of the molecule is CC(CCC[C@@H](C)[C@H]1CCC2C3CC=C4C[C@@H](C(=O)O)CC[C@]4(C)C3CC[C@@]21C)C(=O)C(O)[C@@H](O)[C@@H](O)[C@H](O)[C@H](C=O)NC(=O)OC(C)(C)C. The zero-order valence-corrected chi connectivity index (χ0v) is 31.1. The molecule has 5 unspecified atom stereocenters. The third-order valence-corrected chi connectivity index (χ3v) is 13.5. The number of carboxylic acids is 1. The topological polar surface area (TPSA) is 191 Å². The van der Waals surface area contributed by atoms with E-state index in [4.69, 9.17) is 4.74 Å². The van der Waals surface area contributed by atoms with E-state index in [1.165, 1.54) is 31.3 Å². The molecule has 50 heavy (non-hydrogen) atoms. The summed E-state index contributed by atoms with van der Waals surface area (Å²) in [4.78, 5) is 48.4. The molecule has 1 amide bonds. The Labute approximate surface area is 297 Å². The van der Waals surface area contributed by atoms with Gasteiger partial charge in [0.2, 0.25) is 0 Å². The van der Waals surface area contributed by atoms with Crippen molar-refractivity contribution in [2.75, 3.05) is 0 Å². The first-order valence-corrected chi connectivity index (χ1v) is 18.9. The number of carbonyl (C=O) groups is 4. The number of nitrogens with one attached hydrogen (secondary N) is 1. The fraction of sp³-hybridized carbons (Fsp3) is 0.846. The summed E-state index contributed by atoms with van der Waals surface area (Å²) in [6, 6.07) is -1.64. The Balaban J connectivity index is 1.28. The molecule has 4 aliphatic rings. The molecular formula is C39H63NO10. The van der Waals surface area contributed by atoms with Gasteiger partial charge in [0.25, 0.3) is 0 Å². The number of alkyl carbamates (subject to hydrolysis) is 1. The van der Waals surface area contributed by atoms with Crippen molar-refractivity contribution in [1.82, 2.24) is 5.32 Å². The van der Waals surface area contributed by atoms with Crippen LogP contribution in [0.1, 0.15) is 119 Å². The van der Waals surface area contributed by atoms with Gasteiger partial charge in [-0.25, -0.2) is 4.79 Å². The summed E-state index contributed by atoms with van der Waals surface area (Å²) in [6.07, 6.45) is 3.84. The Morgan fingerprint density at radius 3 is 2.26 bits per heavy atom. The lowest BCUT2D eigenvalue weighted by molar-refractivity contribution is -0.150. The fourth-order valence-corrected chi connectivity index (χ4v) is 10.6. The van der Waals surface area contributed by atoms with Gasteiger partial charge in [0.05, 0.1) is 5.92 Å². The minimum absolute atomic E-state index is 0.113. The summed E-state index contributed by atoms with van der Waals surface area (Å²) < 4.78 is 5.06. The van der Waals surface area contributed by atoms with Gasteiger partial charge in [-0.15, -0.1) is 0 Å². The predicted molar refractivity (Wildman–Crippen MR) is 187 cm³/mol. The summed E-state index contributed by atoms with van der Waals surface area (Å²) in [5.41, 5.74) is 0.867. The van der Waals surface area contributed by atoms with Crippen LogP contribution in [-0.4, -0.2) is 85.7 Å². The first kappa shape index (κ1) is 40.4. The molecular weight excluding hydrogens is 642 g/mol. The Hall–Kier alpha value is -2.34. The molecule has 3 saturated carbocycles. The van der Waals surface area contributed by atoms with Crippen molar-refractivity contribution in [3.8, 4) is 0 Å².